The molecule has 11 nitrogen and oxygen atoms in total. The number of methoxy groups -OCH3 is 2. The largest absolute Gasteiger partial charge is 0.481 e. The molecule has 1 heterocycles. The maximum absolute atomic E-state index is 12.5. The molecule has 0 aliphatic heterocycles. The number of amides is 2. The van der Waals surface area contributed by atoms with Crippen molar-refractivity contribution in [2.45, 2.75) is 6.92 Å². The molecule has 0 fully saturated rings. The third-order valence-electron chi connectivity index (χ3n) is 3.48. The van der Waals surface area contributed by atoms with Crippen LogP contribution in [0.2, 0.25) is 0 Å². The molecule has 0 bridgehead atoms. The highest BCUT2D eigenvalue weighted by molar-refractivity contribution is 7.90. The average Bonchev–Trinajstić information content (AvgIpc) is 2.66. The summed E-state index contributed by atoms with van der Waals surface area (Å²) in [4.78, 5) is 32.0. The topological polar surface area (TPSA) is 140 Å². The first-order chi connectivity index (χ1) is 13.2. The lowest BCUT2D eigenvalue weighted by Gasteiger charge is -2.19. The van der Waals surface area contributed by atoms with Gasteiger partial charge in [-0.25, -0.2) is 18.9 Å². The van der Waals surface area contributed by atoms with Crippen LogP contribution in [0.5, 0.6) is 5.88 Å². The predicted molar refractivity (Wildman–Crippen MR) is 100 cm³/mol. The Bertz CT molecular complexity index is 995. The first-order valence-corrected chi connectivity index (χ1v) is 9.26. The molecule has 12 heteroatoms. The lowest BCUT2D eigenvalue weighted by Crippen LogP contribution is -2.40. The minimum atomic E-state index is -4.35. The van der Waals surface area contributed by atoms with E-state index in [9.17, 15) is 18.0 Å². The molecule has 1 aromatic carbocycles. The van der Waals surface area contributed by atoms with E-state index in [1.54, 1.807) is 19.1 Å². The molecular formula is C16H19N5O6S. The Balaban J connectivity index is 2.21. The smallest absolute Gasteiger partial charge is 0.339 e. The Kier molecular flexibility index (Phi) is 6.36. The van der Waals surface area contributed by atoms with E-state index in [1.807, 2.05) is 0 Å². The predicted octanol–water partition coefficient (Wildman–Crippen LogP) is 1.40. The Labute approximate surface area is 161 Å². The van der Waals surface area contributed by atoms with Crippen molar-refractivity contribution in [2.24, 2.45) is 0 Å². The lowest BCUT2D eigenvalue weighted by atomic mass is 10.2. The molecule has 0 aliphatic carbocycles. The van der Waals surface area contributed by atoms with E-state index < -0.39 is 22.2 Å². The van der Waals surface area contributed by atoms with Crippen molar-refractivity contribution in [1.82, 2.24) is 14.3 Å². The Hall–Kier alpha value is -3.41. The van der Waals surface area contributed by atoms with E-state index >= 15 is 0 Å². The summed E-state index contributed by atoms with van der Waals surface area (Å²) in [5.41, 5.74) is 0.467. The maximum atomic E-state index is 12.5. The van der Waals surface area contributed by atoms with Crippen LogP contribution in [-0.2, 0) is 14.9 Å². The molecule has 0 aliphatic rings. The molecule has 0 radical (unpaired) electrons. The van der Waals surface area contributed by atoms with Crippen molar-refractivity contribution in [2.75, 3.05) is 31.3 Å². The number of hydrogen-bond donors (Lipinski definition) is 2. The fourth-order valence-corrected chi connectivity index (χ4v) is 2.91. The molecule has 0 spiro atoms. The van der Waals surface area contributed by atoms with Crippen LogP contribution >= 0.6 is 0 Å². The molecule has 28 heavy (non-hydrogen) atoms. The van der Waals surface area contributed by atoms with Gasteiger partial charge in [0.2, 0.25) is 11.8 Å². The highest BCUT2D eigenvalue weighted by atomic mass is 32.2. The molecule has 2 rings (SSSR count). The zero-order valence-corrected chi connectivity index (χ0v) is 16.4. The van der Waals surface area contributed by atoms with Gasteiger partial charge in [0.25, 0.3) is 0 Å². The van der Waals surface area contributed by atoms with Crippen LogP contribution in [0.4, 0.5) is 16.4 Å². The van der Waals surface area contributed by atoms with Crippen LogP contribution in [0.15, 0.2) is 30.3 Å². The highest BCUT2D eigenvalue weighted by Gasteiger charge is 2.26. The fourth-order valence-electron chi connectivity index (χ4n) is 2.05. The normalized spacial score (nSPS) is 10.7. The number of carbonyl (C=O) groups is 2. The number of nitrogens with zero attached hydrogens (tertiary/aromatic N) is 3. The molecule has 2 amide bonds. The molecule has 0 saturated heterocycles. The number of benzene rings is 1. The molecule has 0 saturated carbocycles. The Morgan fingerprint density at radius 3 is 2.46 bits per heavy atom. The van der Waals surface area contributed by atoms with Gasteiger partial charge in [0.05, 0.1) is 25.5 Å². The summed E-state index contributed by atoms with van der Waals surface area (Å²) in [6.45, 7) is 1.66. The van der Waals surface area contributed by atoms with Crippen LogP contribution in [0.1, 0.15) is 16.1 Å². The van der Waals surface area contributed by atoms with Gasteiger partial charge in [0.15, 0.2) is 0 Å². The van der Waals surface area contributed by atoms with E-state index in [2.05, 4.69) is 24.7 Å². The average molecular weight is 409 g/mol. The van der Waals surface area contributed by atoms with Gasteiger partial charge < -0.3 is 9.47 Å². The van der Waals surface area contributed by atoms with Crippen molar-refractivity contribution < 1.29 is 27.5 Å². The highest BCUT2D eigenvalue weighted by Crippen LogP contribution is 2.19. The number of para-hydroxylation sites is 1. The van der Waals surface area contributed by atoms with Crippen molar-refractivity contribution >= 4 is 33.8 Å². The van der Waals surface area contributed by atoms with E-state index in [0.717, 1.165) is 7.05 Å². The van der Waals surface area contributed by atoms with Crippen LogP contribution in [0, 0.1) is 6.92 Å². The number of ether oxygens (including phenoxy) is 2. The molecule has 1 aromatic heterocycles. The van der Waals surface area contributed by atoms with Gasteiger partial charge in [-0.2, -0.15) is 13.4 Å². The summed E-state index contributed by atoms with van der Waals surface area (Å²) in [7, 11) is -0.747. The zero-order valence-electron chi connectivity index (χ0n) is 15.6. The van der Waals surface area contributed by atoms with Gasteiger partial charge in [-0.05, 0) is 19.1 Å². The van der Waals surface area contributed by atoms with Gasteiger partial charge in [0.1, 0.15) is 0 Å². The number of nitrogens with one attached hydrogen (secondary N) is 2. The summed E-state index contributed by atoms with van der Waals surface area (Å²) >= 11 is 0. The van der Waals surface area contributed by atoms with Crippen molar-refractivity contribution in [1.29, 1.82) is 0 Å². The maximum Gasteiger partial charge on any atom is 0.339 e. The Morgan fingerprint density at radius 1 is 1.14 bits per heavy atom. The monoisotopic (exact) mass is 409 g/mol. The number of aryl methyl sites for hydroxylation is 1. The summed E-state index contributed by atoms with van der Waals surface area (Å²) in [6, 6.07) is 6.35. The minimum Gasteiger partial charge on any atom is -0.481 e. The number of hydrogen-bond acceptors (Lipinski definition) is 8. The second-order valence-corrected chi connectivity index (χ2v) is 7.12. The summed E-state index contributed by atoms with van der Waals surface area (Å²) in [5, 5.41) is 2.27. The molecule has 2 N–H and O–H groups in total. The van der Waals surface area contributed by atoms with Gasteiger partial charge >= 0.3 is 22.2 Å². The number of esters is 1. The Morgan fingerprint density at radius 2 is 1.82 bits per heavy atom. The summed E-state index contributed by atoms with van der Waals surface area (Å²) in [5.74, 6) is -0.650. The third kappa shape index (κ3) is 4.85. The van der Waals surface area contributed by atoms with Gasteiger partial charge in [-0.3, -0.25) is 10.0 Å². The lowest BCUT2D eigenvalue weighted by molar-refractivity contribution is 0.0602. The summed E-state index contributed by atoms with van der Waals surface area (Å²) in [6.07, 6.45) is 0. The van der Waals surface area contributed by atoms with Gasteiger partial charge in [-0.15, -0.1) is 0 Å². The zero-order chi connectivity index (χ0) is 20.9. The summed E-state index contributed by atoms with van der Waals surface area (Å²) < 4.78 is 37.2. The first kappa shape index (κ1) is 20.9. The van der Waals surface area contributed by atoms with Crippen molar-refractivity contribution in [3.8, 4) is 5.88 Å². The SMILES string of the molecule is COC(=O)c1ccccc1NS(=O)(=O)N(C)C(=O)Nc1nc(C)cc(OC)n1. The first-order valence-electron chi connectivity index (χ1n) is 7.82. The van der Waals surface area contributed by atoms with Crippen molar-refractivity contribution in [3.05, 3.63) is 41.6 Å². The number of rotatable bonds is 6. The van der Waals surface area contributed by atoms with Crippen LogP contribution in [0.3, 0.4) is 0 Å². The number of urea groups is 1. The minimum absolute atomic E-state index is 0.00543. The van der Waals surface area contributed by atoms with Gasteiger partial charge in [0, 0.05) is 18.8 Å². The number of anilines is 2. The van der Waals surface area contributed by atoms with Crippen LogP contribution in [0.25, 0.3) is 0 Å². The molecule has 2 aromatic rings. The van der Waals surface area contributed by atoms with E-state index in [-0.39, 0.29) is 23.1 Å². The number of aromatic nitrogens is 2. The second kappa shape index (κ2) is 8.52. The van der Waals surface area contributed by atoms with Crippen molar-refractivity contribution in [3.63, 3.8) is 0 Å². The van der Waals surface area contributed by atoms with Gasteiger partial charge in [-0.1, -0.05) is 12.1 Å². The third-order valence-corrected chi connectivity index (χ3v) is 4.84. The molecule has 0 unspecified atom stereocenters. The fraction of sp³-hybridized carbons (Fsp3) is 0.250. The van der Waals surface area contributed by atoms with E-state index in [0.29, 0.717) is 10.00 Å². The van der Waals surface area contributed by atoms with E-state index in [1.165, 1.54) is 32.4 Å². The number of carbonyl (C=O) groups excluding carboxylic acids is 2. The molecular weight excluding hydrogens is 390 g/mol. The molecule has 150 valence electrons. The van der Waals surface area contributed by atoms with Crippen LogP contribution in [-0.4, -0.2) is 56.0 Å². The quantitative estimate of drug-likeness (QED) is 0.682. The molecule has 0 atom stereocenters. The van der Waals surface area contributed by atoms with Crippen LogP contribution < -0.4 is 14.8 Å². The van der Waals surface area contributed by atoms with E-state index in [4.69, 9.17) is 4.74 Å². The second-order valence-electron chi connectivity index (χ2n) is 5.42. The standard InChI is InChI=1S/C16H19N5O6S/c1-10-9-13(26-3)18-15(17-10)19-16(23)21(2)28(24,25)20-12-8-6-5-7-11(12)14(22)27-4/h5-9,20H,1-4H3,(H,17,18,19,23).